The summed E-state index contributed by atoms with van der Waals surface area (Å²) in [6, 6.07) is 9.63. The summed E-state index contributed by atoms with van der Waals surface area (Å²) in [6.07, 6.45) is -0.884. The van der Waals surface area contributed by atoms with Gasteiger partial charge >= 0.3 is 0 Å². The second-order valence-electron chi connectivity index (χ2n) is 6.96. The molecule has 0 aliphatic carbocycles. The zero-order valence-corrected chi connectivity index (χ0v) is 18.1. The number of halogens is 2. The van der Waals surface area contributed by atoms with Crippen molar-refractivity contribution in [2.75, 3.05) is 0 Å². The third-order valence-corrected chi connectivity index (χ3v) is 5.13. The Balaban J connectivity index is 1.72. The standard InChI is InChI=1S/C22H21ClFN3O4/c1-11-7-5-10-17(12(11)2)30-14(4)21(28)25-26-22(29)18-13(3)31-27-20(18)19-15(23)8-6-9-16(19)24/h5-10,14H,1-4H3,(H,25,28)(H,26,29). The van der Waals surface area contributed by atoms with E-state index in [0.29, 0.717) is 5.75 Å². The molecule has 1 atom stereocenters. The third-order valence-electron chi connectivity index (χ3n) is 4.82. The van der Waals surface area contributed by atoms with Gasteiger partial charge in [0.25, 0.3) is 11.8 Å². The fourth-order valence-electron chi connectivity index (χ4n) is 2.91. The molecule has 7 nitrogen and oxygen atoms in total. The lowest BCUT2D eigenvalue weighted by Gasteiger charge is -2.17. The lowest BCUT2D eigenvalue weighted by molar-refractivity contribution is -0.128. The SMILES string of the molecule is Cc1cccc(OC(C)C(=O)NNC(=O)c2c(-c3c(F)cccc3Cl)noc2C)c1C. The third kappa shape index (κ3) is 4.69. The number of carbonyl (C=O) groups is 2. The van der Waals surface area contributed by atoms with E-state index in [1.165, 1.54) is 25.1 Å². The Morgan fingerprint density at radius 1 is 1.13 bits per heavy atom. The number of hydrogen-bond donors (Lipinski definition) is 2. The van der Waals surface area contributed by atoms with Gasteiger partial charge in [0.05, 0.1) is 10.6 Å². The molecule has 1 heterocycles. The van der Waals surface area contributed by atoms with Crippen molar-refractivity contribution < 1.29 is 23.2 Å². The lowest BCUT2D eigenvalue weighted by atomic mass is 10.1. The summed E-state index contributed by atoms with van der Waals surface area (Å²) in [4.78, 5) is 25.1. The number of hydrogen-bond acceptors (Lipinski definition) is 5. The first-order chi connectivity index (χ1) is 14.7. The Bertz CT molecular complexity index is 1130. The summed E-state index contributed by atoms with van der Waals surface area (Å²) in [5, 5.41) is 3.84. The maximum Gasteiger partial charge on any atom is 0.279 e. The van der Waals surface area contributed by atoms with Gasteiger partial charge in [0.1, 0.15) is 28.6 Å². The summed E-state index contributed by atoms with van der Waals surface area (Å²) in [5.74, 6) is -1.26. The van der Waals surface area contributed by atoms with Gasteiger partial charge in [0.15, 0.2) is 6.10 Å². The molecule has 0 saturated carbocycles. The summed E-state index contributed by atoms with van der Waals surface area (Å²) >= 11 is 6.08. The monoisotopic (exact) mass is 445 g/mol. The van der Waals surface area contributed by atoms with Gasteiger partial charge in [0, 0.05) is 0 Å². The van der Waals surface area contributed by atoms with Crippen molar-refractivity contribution >= 4 is 23.4 Å². The molecule has 2 amide bonds. The van der Waals surface area contributed by atoms with E-state index in [-0.39, 0.29) is 27.6 Å². The average Bonchev–Trinajstić information content (AvgIpc) is 3.10. The Morgan fingerprint density at radius 3 is 2.55 bits per heavy atom. The van der Waals surface area contributed by atoms with Crippen LogP contribution in [0.1, 0.15) is 34.2 Å². The Morgan fingerprint density at radius 2 is 1.84 bits per heavy atom. The van der Waals surface area contributed by atoms with Crippen molar-refractivity contribution in [1.29, 1.82) is 0 Å². The summed E-state index contributed by atoms with van der Waals surface area (Å²) in [7, 11) is 0. The lowest BCUT2D eigenvalue weighted by Crippen LogP contribution is -2.47. The Hall–Kier alpha value is -3.39. The van der Waals surface area contributed by atoms with Crippen molar-refractivity contribution in [3.05, 3.63) is 69.7 Å². The van der Waals surface area contributed by atoms with Crippen molar-refractivity contribution in [2.45, 2.75) is 33.8 Å². The molecule has 9 heteroatoms. The normalized spacial score (nSPS) is 11.7. The second-order valence-corrected chi connectivity index (χ2v) is 7.37. The minimum Gasteiger partial charge on any atom is -0.481 e. The molecule has 1 aromatic heterocycles. The highest BCUT2D eigenvalue weighted by Gasteiger charge is 2.26. The molecule has 0 bridgehead atoms. The molecule has 0 saturated heterocycles. The quantitative estimate of drug-likeness (QED) is 0.571. The van der Waals surface area contributed by atoms with Gasteiger partial charge in [-0.15, -0.1) is 0 Å². The molecule has 3 rings (SSSR count). The average molecular weight is 446 g/mol. The fraction of sp³-hybridized carbons (Fsp3) is 0.227. The van der Waals surface area contributed by atoms with E-state index in [1.54, 1.807) is 13.0 Å². The number of amides is 2. The van der Waals surface area contributed by atoms with E-state index in [1.807, 2.05) is 26.0 Å². The summed E-state index contributed by atoms with van der Waals surface area (Å²) in [5.41, 5.74) is 6.35. The van der Waals surface area contributed by atoms with Crippen molar-refractivity contribution in [1.82, 2.24) is 16.0 Å². The number of ether oxygens (including phenoxy) is 1. The van der Waals surface area contributed by atoms with Crippen LogP contribution in [-0.4, -0.2) is 23.1 Å². The number of nitrogens with one attached hydrogen (secondary N) is 2. The molecule has 0 radical (unpaired) electrons. The minimum atomic E-state index is -0.884. The highest BCUT2D eigenvalue weighted by molar-refractivity contribution is 6.33. The van der Waals surface area contributed by atoms with Crippen LogP contribution < -0.4 is 15.6 Å². The van der Waals surface area contributed by atoms with Crippen LogP contribution in [0.4, 0.5) is 4.39 Å². The number of aromatic nitrogens is 1. The van der Waals surface area contributed by atoms with E-state index in [9.17, 15) is 14.0 Å². The highest BCUT2D eigenvalue weighted by atomic mass is 35.5. The molecule has 31 heavy (non-hydrogen) atoms. The Labute approximate surface area is 183 Å². The summed E-state index contributed by atoms with van der Waals surface area (Å²) < 4.78 is 25.1. The molecule has 162 valence electrons. The van der Waals surface area contributed by atoms with Crippen molar-refractivity contribution in [3.63, 3.8) is 0 Å². The molecule has 0 aliphatic rings. The molecule has 2 aromatic carbocycles. The van der Waals surface area contributed by atoms with Crippen LogP contribution in [0, 0.1) is 26.6 Å². The first kappa shape index (κ1) is 22.3. The van der Waals surface area contributed by atoms with Crippen LogP contribution in [0.3, 0.4) is 0 Å². The van der Waals surface area contributed by atoms with Crippen LogP contribution in [0.15, 0.2) is 40.9 Å². The smallest absolute Gasteiger partial charge is 0.279 e. The zero-order chi connectivity index (χ0) is 22.7. The van der Waals surface area contributed by atoms with Gasteiger partial charge < -0.3 is 9.26 Å². The largest absolute Gasteiger partial charge is 0.481 e. The van der Waals surface area contributed by atoms with Crippen molar-refractivity contribution in [2.24, 2.45) is 0 Å². The molecular formula is C22H21ClFN3O4. The van der Waals surface area contributed by atoms with E-state index >= 15 is 0 Å². The van der Waals surface area contributed by atoms with Gasteiger partial charge in [-0.1, -0.05) is 35.0 Å². The minimum absolute atomic E-state index is 0.0459. The zero-order valence-electron chi connectivity index (χ0n) is 17.4. The summed E-state index contributed by atoms with van der Waals surface area (Å²) in [6.45, 7) is 6.88. The maximum atomic E-state index is 14.3. The molecular weight excluding hydrogens is 425 g/mol. The number of aryl methyl sites for hydroxylation is 2. The number of rotatable bonds is 5. The van der Waals surface area contributed by atoms with Crippen LogP contribution in [-0.2, 0) is 4.79 Å². The number of carbonyl (C=O) groups excluding carboxylic acids is 2. The molecule has 0 aliphatic heterocycles. The van der Waals surface area contributed by atoms with Gasteiger partial charge in [0.2, 0.25) is 0 Å². The predicted molar refractivity (Wildman–Crippen MR) is 113 cm³/mol. The highest BCUT2D eigenvalue weighted by Crippen LogP contribution is 2.33. The molecule has 0 spiro atoms. The van der Waals surface area contributed by atoms with Gasteiger partial charge in [-0.3, -0.25) is 20.4 Å². The number of hydrazine groups is 1. The van der Waals surface area contributed by atoms with E-state index in [2.05, 4.69) is 16.0 Å². The molecule has 2 N–H and O–H groups in total. The maximum absolute atomic E-state index is 14.3. The number of nitrogens with zero attached hydrogens (tertiary/aromatic N) is 1. The van der Waals surface area contributed by atoms with E-state index in [0.717, 1.165) is 11.1 Å². The fourth-order valence-corrected chi connectivity index (χ4v) is 3.17. The van der Waals surface area contributed by atoms with Gasteiger partial charge in [-0.25, -0.2) is 4.39 Å². The second kappa shape index (κ2) is 9.18. The van der Waals surface area contributed by atoms with Gasteiger partial charge in [-0.2, -0.15) is 0 Å². The van der Waals surface area contributed by atoms with Crippen LogP contribution >= 0.6 is 11.6 Å². The van der Waals surface area contributed by atoms with Crippen LogP contribution in [0.25, 0.3) is 11.3 Å². The Kier molecular flexibility index (Phi) is 6.60. The molecule has 1 unspecified atom stereocenters. The van der Waals surface area contributed by atoms with E-state index in [4.69, 9.17) is 20.9 Å². The van der Waals surface area contributed by atoms with Crippen LogP contribution in [0.2, 0.25) is 5.02 Å². The van der Waals surface area contributed by atoms with Crippen molar-refractivity contribution in [3.8, 4) is 17.0 Å². The first-order valence-corrected chi connectivity index (χ1v) is 9.82. The first-order valence-electron chi connectivity index (χ1n) is 9.44. The molecule has 0 fully saturated rings. The van der Waals surface area contributed by atoms with Crippen LogP contribution in [0.5, 0.6) is 5.75 Å². The van der Waals surface area contributed by atoms with E-state index < -0.39 is 23.7 Å². The van der Waals surface area contributed by atoms with Gasteiger partial charge in [-0.05, 0) is 57.0 Å². The number of benzene rings is 2. The topological polar surface area (TPSA) is 93.5 Å². The predicted octanol–water partition coefficient (Wildman–Crippen LogP) is 4.29. The molecule has 3 aromatic rings.